The van der Waals surface area contributed by atoms with Crippen molar-refractivity contribution in [1.29, 1.82) is 0 Å². The molecule has 5 aromatic rings. The van der Waals surface area contributed by atoms with Gasteiger partial charge in [0.25, 0.3) is 0 Å². The van der Waals surface area contributed by atoms with Gasteiger partial charge in [0.2, 0.25) is 11.8 Å². The molecule has 0 saturated carbocycles. The van der Waals surface area contributed by atoms with Crippen molar-refractivity contribution < 1.29 is 14.6 Å². The van der Waals surface area contributed by atoms with Crippen LogP contribution in [0.5, 0.6) is 11.6 Å². The second-order valence-electron chi connectivity index (χ2n) is 10.4. The molecular formula is C31H32N8O3. The lowest BCUT2D eigenvalue weighted by molar-refractivity contribution is 0.132. The van der Waals surface area contributed by atoms with Crippen molar-refractivity contribution in [2.24, 2.45) is 7.05 Å². The van der Waals surface area contributed by atoms with Crippen LogP contribution in [0.15, 0.2) is 73.3 Å². The summed E-state index contributed by atoms with van der Waals surface area (Å²) in [4.78, 5) is 26.6. The summed E-state index contributed by atoms with van der Waals surface area (Å²) in [5.41, 5.74) is 4.45. The van der Waals surface area contributed by atoms with Gasteiger partial charge < -0.3 is 25.4 Å². The van der Waals surface area contributed by atoms with Crippen LogP contribution >= 0.6 is 0 Å². The lowest BCUT2D eigenvalue weighted by atomic mass is 10.0. The van der Waals surface area contributed by atoms with Crippen LogP contribution in [0.25, 0.3) is 22.0 Å². The average molecular weight is 565 g/mol. The Morgan fingerprint density at radius 2 is 2.00 bits per heavy atom. The summed E-state index contributed by atoms with van der Waals surface area (Å²) >= 11 is 0. The fourth-order valence-electron chi connectivity index (χ4n) is 5.28. The van der Waals surface area contributed by atoms with Crippen LogP contribution < -0.4 is 15.4 Å². The van der Waals surface area contributed by atoms with Gasteiger partial charge in [0.15, 0.2) is 0 Å². The van der Waals surface area contributed by atoms with Crippen LogP contribution in [0.3, 0.4) is 0 Å². The molecule has 1 amide bonds. The summed E-state index contributed by atoms with van der Waals surface area (Å²) in [5.74, 6) is 1.59. The maximum Gasteiger partial charge on any atom is 0.407 e. The minimum absolute atomic E-state index is 0.0611. The van der Waals surface area contributed by atoms with Crippen molar-refractivity contribution in [3.63, 3.8) is 0 Å². The number of nitrogens with zero attached hydrogens (tertiary/aromatic N) is 6. The number of nitrogens with one attached hydrogen (secondary N) is 2. The highest BCUT2D eigenvalue weighted by molar-refractivity contribution is 5.98. The molecule has 4 heterocycles. The summed E-state index contributed by atoms with van der Waals surface area (Å²) in [7, 11) is 1.91. The number of benzene rings is 2. The second kappa shape index (κ2) is 11.7. The van der Waals surface area contributed by atoms with Gasteiger partial charge in [-0.25, -0.2) is 19.7 Å². The monoisotopic (exact) mass is 564 g/mol. The van der Waals surface area contributed by atoms with Gasteiger partial charge in [0, 0.05) is 73.3 Å². The molecule has 1 atom stereocenters. The van der Waals surface area contributed by atoms with E-state index in [9.17, 15) is 9.90 Å². The summed E-state index contributed by atoms with van der Waals surface area (Å²) in [6, 6.07) is 15.8. The summed E-state index contributed by atoms with van der Waals surface area (Å²) in [6.45, 7) is 3.61. The molecule has 0 bridgehead atoms. The van der Waals surface area contributed by atoms with E-state index in [4.69, 9.17) is 9.72 Å². The Labute approximate surface area is 243 Å². The van der Waals surface area contributed by atoms with Crippen LogP contribution in [0.2, 0.25) is 0 Å². The van der Waals surface area contributed by atoms with E-state index >= 15 is 0 Å². The largest absolute Gasteiger partial charge is 0.465 e. The van der Waals surface area contributed by atoms with Crippen LogP contribution in [0.4, 0.5) is 16.4 Å². The number of likely N-dealkylation sites (tertiary alicyclic amines) is 1. The fourth-order valence-corrected chi connectivity index (χ4v) is 5.28. The third kappa shape index (κ3) is 5.80. The van der Waals surface area contributed by atoms with E-state index in [1.807, 2.05) is 62.8 Å². The normalized spacial score (nSPS) is 15.0. The van der Waals surface area contributed by atoms with Gasteiger partial charge in [-0.1, -0.05) is 24.3 Å². The van der Waals surface area contributed by atoms with Crippen molar-refractivity contribution >= 4 is 28.5 Å². The van der Waals surface area contributed by atoms with E-state index in [1.54, 1.807) is 17.1 Å². The topological polar surface area (TPSA) is 130 Å². The maximum absolute atomic E-state index is 11.4. The Kier molecular flexibility index (Phi) is 7.54. The molecule has 0 spiro atoms. The van der Waals surface area contributed by atoms with Gasteiger partial charge in [0.05, 0.1) is 17.5 Å². The first-order valence-corrected chi connectivity index (χ1v) is 13.9. The van der Waals surface area contributed by atoms with Crippen LogP contribution in [0, 0.1) is 6.92 Å². The SMILES string of the molecule is Cc1ccc2c(NCc3cnn(C)c3)cccc2c1Oc1ncccc1-c1ccnc(NC2CCCN(C(=O)O)C2)n1. The number of ether oxygens (including phenoxy) is 1. The molecule has 6 rings (SSSR count). The third-order valence-electron chi connectivity index (χ3n) is 7.38. The lowest BCUT2D eigenvalue weighted by Gasteiger charge is -2.31. The van der Waals surface area contributed by atoms with E-state index in [1.165, 1.54) is 4.90 Å². The third-order valence-corrected chi connectivity index (χ3v) is 7.38. The minimum Gasteiger partial charge on any atom is -0.465 e. The van der Waals surface area contributed by atoms with Gasteiger partial charge in [-0.15, -0.1) is 0 Å². The molecular weight excluding hydrogens is 532 g/mol. The number of rotatable bonds is 8. The average Bonchev–Trinajstić information content (AvgIpc) is 3.42. The van der Waals surface area contributed by atoms with Crippen LogP contribution in [0.1, 0.15) is 24.0 Å². The van der Waals surface area contributed by atoms with Gasteiger partial charge in [-0.05, 0) is 49.6 Å². The number of piperidine rings is 1. The summed E-state index contributed by atoms with van der Waals surface area (Å²) in [5, 5.41) is 22.5. The van der Waals surface area contributed by atoms with Gasteiger partial charge in [0.1, 0.15) is 5.75 Å². The van der Waals surface area contributed by atoms with Crippen molar-refractivity contribution in [3.8, 4) is 22.9 Å². The van der Waals surface area contributed by atoms with Gasteiger partial charge in [-0.3, -0.25) is 4.68 Å². The zero-order valence-electron chi connectivity index (χ0n) is 23.5. The Morgan fingerprint density at radius 1 is 1.10 bits per heavy atom. The molecule has 1 unspecified atom stereocenters. The number of amides is 1. The van der Waals surface area contributed by atoms with Crippen molar-refractivity contribution in [3.05, 3.63) is 84.4 Å². The van der Waals surface area contributed by atoms with E-state index in [-0.39, 0.29) is 6.04 Å². The van der Waals surface area contributed by atoms with E-state index in [2.05, 4.69) is 37.8 Å². The Balaban J connectivity index is 1.27. The number of carboxylic acid groups (broad SMARTS) is 1. The molecule has 2 aromatic carbocycles. The number of fused-ring (bicyclic) bond motifs is 1. The molecule has 3 N–H and O–H groups in total. The highest BCUT2D eigenvalue weighted by Gasteiger charge is 2.24. The number of carbonyl (C=O) groups is 1. The predicted molar refractivity (Wildman–Crippen MR) is 161 cm³/mol. The molecule has 214 valence electrons. The lowest BCUT2D eigenvalue weighted by Crippen LogP contribution is -2.44. The van der Waals surface area contributed by atoms with Crippen molar-refractivity contribution in [2.45, 2.75) is 32.4 Å². The number of anilines is 2. The predicted octanol–water partition coefficient (Wildman–Crippen LogP) is 5.69. The second-order valence-corrected chi connectivity index (χ2v) is 10.4. The van der Waals surface area contributed by atoms with Crippen LogP contribution in [-0.4, -0.2) is 60.0 Å². The quantitative estimate of drug-likeness (QED) is 0.217. The van der Waals surface area contributed by atoms with Crippen molar-refractivity contribution in [2.75, 3.05) is 23.7 Å². The number of hydrogen-bond acceptors (Lipinski definition) is 8. The molecule has 11 nitrogen and oxygen atoms in total. The number of aryl methyl sites for hydroxylation is 2. The van der Waals surface area contributed by atoms with Crippen LogP contribution in [-0.2, 0) is 13.6 Å². The first kappa shape index (κ1) is 27.0. The molecule has 1 saturated heterocycles. The Hall–Kier alpha value is -5.19. The van der Waals surface area contributed by atoms with E-state index in [0.29, 0.717) is 37.2 Å². The summed E-state index contributed by atoms with van der Waals surface area (Å²) in [6.07, 6.45) is 7.95. The number of pyridine rings is 1. The molecule has 0 aliphatic carbocycles. The molecule has 0 radical (unpaired) electrons. The standard InChI is InChI=1S/C31H32N8O3/c1-20-10-11-23-24(7-3-9-26(23)34-16-21-17-35-38(2)18-21)28(20)42-29-25(8-4-13-32-29)27-12-14-33-30(37-27)36-22-6-5-15-39(19-22)31(40)41/h3-4,7-14,17-18,22,34H,5-6,15-16,19H2,1-2H3,(H,40,41)(H,33,36,37). The minimum atomic E-state index is -0.909. The summed E-state index contributed by atoms with van der Waals surface area (Å²) < 4.78 is 8.35. The Morgan fingerprint density at radius 3 is 2.83 bits per heavy atom. The van der Waals surface area contributed by atoms with E-state index < -0.39 is 6.09 Å². The highest BCUT2D eigenvalue weighted by Crippen LogP contribution is 2.38. The van der Waals surface area contributed by atoms with Gasteiger partial charge in [-0.2, -0.15) is 5.10 Å². The smallest absolute Gasteiger partial charge is 0.407 e. The molecule has 1 aliphatic rings. The first-order chi connectivity index (χ1) is 20.4. The van der Waals surface area contributed by atoms with Crippen molar-refractivity contribution in [1.82, 2.24) is 29.6 Å². The fraction of sp³-hybridized carbons (Fsp3) is 0.258. The molecule has 1 fully saturated rings. The first-order valence-electron chi connectivity index (χ1n) is 13.9. The number of aromatic nitrogens is 5. The molecule has 11 heteroatoms. The molecule has 1 aliphatic heterocycles. The Bertz CT molecular complexity index is 1740. The van der Waals surface area contributed by atoms with E-state index in [0.717, 1.165) is 51.7 Å². The zero-order chi connectivity index (χ0) is 29.1. The maximum atomic E-state index is 11.4. The number of hydrogen-bond donors (Lipinski definition) is 3. The molecule has 3 aromatic heterocycles. The molecule has 42 heavy (non-hydrogen) atoms. The zero-order valence-corrected chi connectivity index (χ0v) is 23.5. The van der Waals surface area contributed by atoms with Gasteiger partial charge >= 0.3 is 6.09 Å². The highest BCUT2D eigenvalue weighted by atomic mass is 16.5.